The van der Waals surface area contributed by atoms with Crippen LogP contribution < -0.4 is 9.62 Å². The van der Waals surface area contributed by atoms with Gasteiger partial charge in [-0.3, -0.25) is 9.29 Å². The molecule has 2 aromatic carbocycles. The maximum absolute atomic E-state index is 12.9. The Kier molecular flexibility index (Phi) is 7.56. The van der Waals surface area contributed by atoms with Crippen LogP contribution in [0.5, 0.6) is 0 Å². The van der Waals surface area contributed by atoms with Crippen molar-refractivity contribution in [3.8, 4) is 5.95 Å². The lowest BCUT2D eigenvalue weighted by Crippen LogP contribution is -2.50. The number of halogens is 2. The Morgan fingerprint density at radius 3 is 2.35 bits per heavy atom. The SMILES string of the molecule is CC(C)(C)OC(=O)N1CCN(c2ccnc(-n3ccc4cc(NS(=O)(=O)c5cc(Cl)cc(Cl)c5)ccc43)n2)CC1. The normalized spacial score (nSPS) is 14.4. The molecule has 0 unspecified atom stereocenters. The smallest absolute Gasteiger partial charge is 0.410 e. The summed E-state index contributed by atoms with van der Waals surface area (Å²) in [5, 5.41) is 1.25. The molecule has 1 N–H and O–H groups in total. The first kappa shape index (κ1) is 28.0. The van der Waals surface area contributed by atoms with Crippen LogP contribution in [-0.2, 0) is 14.8 Å². The van der Waals surface area contributed by atoms with Gasteiger partial charge in [-0.1, -0.05) is 23.2 Å². The molecule has 1 aliphatic heterocycles. The molecular formula is C27H28Cl2N6O4S. The Balaban J connectivity index is 1.32. The minimum atomic E-state index is -3.90. The van der Waals surface area contributed by atoms with Crippen molar-refractivity contribution in [3.05, 3.63) is 71.0 Å². The van der Waals surface area contributed by atoms with Crippen molar-refractivity contribution in [2.75, 3.05) is 35.8 Å². The molecule has 210 valence electrons. The quantitative estimate of drug-likeness (QED) is 0.317. The van der Waals surface area contributed by atoms with Gasteiger partial charge in [0.1, 0.15) is 11.4 Å². The average molecular weight is 604 g/mol. The second kappa shape index (κ2) is 10.8. The van der Waals surface area contributed by atoms with Gasteiger partial charge in [-0.05, 0) is 69.3 Å². The summed E-state index contributed by atoms with van der Waals surface area (Å²) in [7, 11) is -3.90. The molecular weight excluding hydrogens is 575 g/mol. The van der Waals surface area contributed by atoms with Gasteiger partial charge in [-0.15, -0.1) is 0 Å². The van der Waals surface area contributed by atoms with Gasteiger partial charge in [-0.2, -0.15) is 4.98 Å². The third-order valence-corrected chi connectivity index (χ3v) is 7.98. The van der Waals surface area contributed by atoms with Crippen molar-refractivity contribution in [3.63, 3.8) is 0 Å². The van der Waals surface area contributed by atoms with Gasteiger partial charge in [0.15, 0.2) is 0 Å². The summed E-state index contributed by atoms with van der Waals surface area (Å²) in [5.41, 5.74) is 0.657. The van der Waals surface area contributed by atoms with Crippen LogP contribution in [0.2, 0.25) is 10.0 Å². The topological polar surface area (TPSA) is 110 Å². The molecule has 4 aromatic rings. The molecule has 0 atom stereocenters. The molecule has 40 heavy (non-hydrogen) atoms. The summed E-state index contributed by atoms with van der Waals surface area (Å²) in [5.74, 6) is 1.23. The number of hydrogen-bond donors (Lipinski definition) is 1. The Labute approximate surface area is 242 Å². The standard InChI is InChI=1S/C27H28Cl2N6O4S/c1-27(2,3)39-26(36)34-12-10-33(11-13-34)24-6-8-30-25(31-24)35-9-7-18-14-21(4-5-23(18)35)32-40(37,38)22-16-19(28)15-20(29)17-22/h4-9,14-17,32H,10-13H2,1-3H3. The Morgan fingerprint density at radius 2 is 1.68 bits per heavy atom. The van der Waals surface area contributed by atoms with E-state index in [1.165, 1.54) is 18.2 Å². The molecule has 0 saturated carbocycles. The van der Waals surface area contributed by atoms with Crippen LogP contribution in [0.25, 0.3) is 16.9 Å². The Bertz CT molecular complexity index is 1660. The molecule has 0 spiro atoms. The lowest BCUT2D eigenvalue weighted by Gasteiger charge is -2.36. The zero-order valence-corrected chi connectivity index (χ0v) is 24.5. The molecule has 10 nitrogen and oxygen atoms in total. The van der Waals surface area contributed by atoms with E-state index in [9.17, 15) is 13.2 Å². The summed E-state index contributed by atoms with van der Waals surface area (Å²) >= 11 is 12.0. The zero-order valence-electron chi connectivity index (χ0n) is 22.1. The van der Waals surface area contributed by atoms with E-state index in [0.717, 1.165) is 16.7 Å². The first-order valence-corrected chi connectivity index (χ1v) is 14.8. The third-order valence-electron chi connectivity index (χ3n) is 6.19. The van der Waals surface area contributed by atoms with Crippen molar-refractivity contribution in [1.29, 1.82) is 0 Å². The summed E-state index contributed by atoms with van der Waals surface area (Å²) in [6, 6.07) is 13.1. The van der Waals surface area contributed by atoms with Gasteiger partial charge in [0.05, 0.1) is 10.4 Å². The fourth-order valence-electron chi connectivity index (χ4n) is 4.35. The van der Waals surface area contributed by atoms with Gasteiger partial charge in [0.25, 0.3) is 10.0 Å². The van der Waals surface area contributed by atoms with E-state index in [2.05, 4.69) is 14.6 Å². The summed E-state index contributed by atoms with van der Waals surface area (Å²) in [6.07, 6.45) is 3.22. The van der Waals surface area contributed by atoms with E-state index in [-0.39, 0.29) is 21.0 Å². The number of piperazine rings is 1. The zero-order chi connectivity index (χ0) is 28.7. The number of nitrogens with zero attached hydrogens (tertiary/aromatic N) is 5. The molecule has 1 amide bonds. The van der Waals surface area contributed by atoms with Crippen molar-refractivity contribution in [1.82, 2.24) is 19.4 Å². The van der Waals surface area contributed by atoms with Crippen LogP contribution in [0, 0.1) is 0 Å². The number of sulfonamides is 1. The molecule has 3 heterocycles. The molecule has 1 aliphatic rings. The van der Waals surface area contributed by atoms with Crippen LogP contribution in [0.3, 0.4) is 0 Å². The fourth-order valence-corrected chi connectivity index (χ4v) is 6.13. The molecule has 1 saturated heterocycles. The maximum atomic E-state index is 12.9. The molecule has 0 aliphatic carbocycles. The number of fused-ring (bicyclic) bond motifs is 1. The van der Waals surface area contributed by atoms with E-state index in [0.29, 0.717) is 37.8 Å². The number of benzene rings is 2. The van der Waals surface area contributed by atoms with E-state index >= 15 is 0 Å². The number of ether oxygens (including phenoxy) is 1. The predicted octanol–water partition coefficient (Wildman–Crippen LogP) is 5.59. The van der Waals surface area contributed by atoms with E-state index in [1.807, 2.05) is 43.7 Å². The fraction of sp³-hybridized carbons (Fsp3) is 0.296. The highest BCUT2D eigenvalue weighted by molar-refractivity contribution is 7.92. The number of rotatable bonds is 5. The Morgan fingerprint density at radius 1 is 0.975 bits per heavy atom. The highest BCUT2D eigenvalue weighted by Crippen LogP contribution is 2.27. The van der Waals surface area contributed by atoms with Crippen molar-refractivity contribution < 1.29 is 17.9 Å². The predicted molar refractivity (Wildman–Crippen MR) is 156 cm³/mol. The first-order chi connectivity index (χ1) is 18.9. The maximum Gasteiger partial charge on any atom is 0.410 e. The van der Waals surface area contributed by atoms with Crippen molar-refractivity contribution in [2.24, 2.45) is 0 Å². The molecule has 13 heteroatoms. The lowest BCUT2D eigenvalue weighted by molar-refractivity contribution is 0.0240. The van der Waals surface area contributed by atoms with E-state index < -0.39 is 15.6 Å². The third kappa shape index (κ3) is 6.27. The van der Waals surface area contributed by atoms with Crippen molar-refractivity contribution >= 4 is 61.7 Å². The number of carbonyl (C=O) groups is 1. The summed E-state index contributed by atoms with van der Waals surface area (Å²) in [4.78, 5) is 25.4. The van der Waals surface area contributed by atoms with Gasteiger partial charge in [0, 0.05) is 59.7 Å². The minimum Gasteiger partial charge on any atom is -0.444 e. The van der Waals surface area contributed by atoms with Crippen LogP contribution in [0.15, 0.2) is 65.8 Å². The second-order valence-electron chi connectivity index (χ2n) is 10.3. The molecule has 2 aromatic heterocycles. The highest BCUT2D eigenvalue weighted by atomic mass is 35.5. The number of carbonyl (C=O) groups excluding carboxylic acids is 1. The Hall–Kier alpha value is -3.54. The number of aromatic nitrogens is 3. The van der Waals surface area contributed by atoms with Crippen LogP contribution in [-0.4, -0.2) is 65.7 Å². The molecule has 1 fully saturated rings. The number of nitrogens with one attached hydrogen (secondary N) is 1. The molecule has 5 rings (SSSR count). The largest absolute Gasteiger partial charge is 0.444 e. The van der Waals surface area contributed by atoms with Gasteiger partial charge >= 0.3 is 6.09 Å². The molecule has 0 bridgehead atoms. The second-order valence-corrected chi connectivity index (χ2v) is 12.9. The number of amides is 1. The van der Waals surface area contributed by atoms with Gasteiger partial charge in [-0.25, -0.2) is 18.2 Å². The first-order valence-electron chi connectivity index (χ1n) is 12.5. The van der Waals surface area contributed by atoms with Crippen LogP contribution >= 0.6 is 23.2 Å². The van der Waals surface area contributed by atoms with Gasteiger partial charge < -0.3 is 14.5 Å². The average Bonchev–Trinajstić information content (AvgIpc) is 3.30. The number of hydrogen-bond acceptors (Lipinski definition) is 7. The summed E-state index contributed by atoms with van der Waals surface area (Å²) in [6.45, 7) is 7.84. The monoisotopic (exact) mass is 602 g/mol. The van der Waals surface area contributed by atoms with Crippen LogP contribution in [0.1, 0.15) is 20.8 Å². The summed E-state index contributed by atoms with van der Waals surface area (Å²) < 4.78 is 35.7. The minimum absolute atomic E-state index is 0.0280. The van der Waals surface area contributed by atoms with E-state index in [1.54, 1.807) is 29.3 Å². The van der Waals surface area contributed by atoms with E-state index in [4.69, 9.17) is 32.9 Å². The lowest BCUT2D eigenvalue weighted by atomic mass is 10.2. The molecule has 0 radical (unpaired) electrons. The van der Waals surface area contributed by atoms with Crippen molar-refractivity contribution in [2.45, 2.75) is 31.3 Å². The number of anilines is 2. The van der Waals surface area contributed by atoms with Gasteiger partial charge in [0.2, 0.25) is 5.95 Å². The highest BCUT2D eigenvalue weighted by Gasteiger charge is 2.26. The van der Waals surface area contributed by atoms with Crippen LogP contribution in [0.4, 0.5) is 16.3 Å².